The lowest BCUT2D eigenvalue weighted by Gasteiger charge is -2.28. The molecule has 0 aliphatic heterocycles. The van der Waals surface area contributed by atoms with Crippen molar-refractivity contribution in [3.05, 3.63) is 35.9 Å². The number of carboxylic acid groups (broad SMARTS) is 1. The molecular weight excluding hydrogens is 492 g/mol. The smallest absolute Gasteiger partial charge is 0.326 e. The lowest BCUT2D eigenvalue weighted by molar-refractivity contribution is -0.142. The summed E-state index contributed by atoms with van der Waals surface area (Å²) < 4.78 is 0. The number of hydrogen-bond acceptors (Lipinski definition) is 7. The van der Waals surface area contributed by atoms with Crippen LogP contribution in [0.3, 0.4) is 0 Å². The number of nitrogens with one attached hydrogen (secondary N) is 3. The van der Waals surface area contributed by atoms with E-state index in [9.17, 15) is 29.1 Å². The van der Waals surface area contributed by atoms with Gasteiger partial charge in [-0.2, -0.15) is 0 Å². The molecule has 1 aromatic rings. The standard InChI is InChI=1S/C26H42N6O6/c1-3-16(2)22(32-23(34)18(28)15-17-9-5-4-6-10-17)25(36)30-19(12-13-21(29)33)24(35)31-20(26(37)38)11-7-8-14-27/h4-6,9-10,16,18-20,22H,3,7-8,11-15,27-28H2,1-2H3,(H2,29,33)(H,30,36)(H,31,35)(H,32,34)(H,37,38). The zero-order valence-corrected chi connectivity index (χ0v) is 22.2. The fourth-order valence-electron chi connectivity index (χ4n) is 3.76. The summed E-state index contributed by atoms with van der Waals surface area (Å²) in [5.41, 5.74) is 17.6. The first-order valence-corrected chi connectivity index (χ1v) is 12.9. The fraction of sp³-hybridized carbons (Fsp3) is 0.577. The summed E-state index contributed by atoms with van der Waals surface area (Å²) in [6, 6.07) is 4.84. The first-order chi connectivity index (χ1) is 18.0. The van der Waals surface area contributed by atoms with Crippen LogP contribution >= 0.6 is 0 Å². The number of carbonyl (C=O) groups excluding carboxylic acids is 4. The molecule has 212 valence electrons. The Kier molecular flexibility index (Phi) is 14.6. The summed E-state index contributed by atoms with van der Waals surface area (Å²) in [5.74, 6) is -4.18. The molecule has 1 rings (SSSR count). The number of benzene rings is 1. The Morgan fingerprint density at radius 1 is 0.895 bits per heavy atom. The first-order valence-electron chi connectivity index (χ1n) is 12.9. The molecule has 0 fully saturated rings. The molecule has 10 N–H and O–H groups in total. The normalized spacial score (nSPS) is 14.8. The van der Waals surface area contributed by atoms with E-state index in [-0.39, 0.29) is 31.6 Å². The van der Waals surface area contributed by atoms with E-state index < -0.39 is 53.8 Å². The van der Waals surface area contributed by atoms with Crippen LogP contribution in [0, 0.1) is 5.92 Å². The van der Waals surface area contributed by atoms with Crippen LogP contribution in [0.4, 0.5) is 0 Å². The third-order valence-electron chi connectivity index (χ3n) is 6.30. The Bertz CT molecular complexity index is 928. The van der Waals surface area contributed by atoms with Crippen molar-refractivity contribution in [3.63, 3.8) is 0 Å². The Morgan fingerprint density at radius 3 is 2.08 bits per heavy atom. The average Bonchev–Trinajstić information content (AvgIpc) is 2.88. The van der Waals surface area contributed by atoms with Crippen molar-refractivity contribution in [1.82, 2.24) is 16.0 Å². The van der Waals surface area contributed by atoms with E-state index in [0.29, 0.717) is 25.8 Å². The van der Waals surface area contributed by atoms with Gasteiger partial charge in [-0.05, 0) is 50.1 Å². The highest BCUT2D eigenvalue weighted by atomic mass is 16.4. The van der Waals surface area contributed by atoms with Gasteiger partial charge in [0.2, 0.25) is 23.6 Å². The molecule has 1 aromatic carbocycles. The lowest BCUT2D eigenvalue weighted by atomic mass is 9.96. The van der Waals surface area contributed by atoms with Gasteiger partial charge in [-0.3, -0.25) is 19.2 Å². The average molecular weight is 535 g/mol. The molecule has 4 amide bonds. The molecule has 0 aliphatic rings. The Morgan fingerprint density at radius 2 is 1.53 bits per heavy atom. The van der Waals surface area contributed by atoms with Crippen LogP contribution < -0.4 is 33.2 Å². The van der Waals surface area contributed by atoms with Crippen LogP contribution in [0.25, 0.3) is 0 Å². The molecule has 0 radical (unpaired) electrons. The Balaban J connectivity index is 2.99. The van der Waals surface area contributed by atoms with Gasteiger partial charge in [0.25, 0.3) is 0 Å². The molecule has 38 heavy (non-hydrogen) atoms. The van der Waals surface area contributed by atoms with E-state index in [1.807, 2.05) is 37.3 Å². The highest BCUT2D eigenvalue weighted by Crippen LogP contribution is 2.11. The second-order valence-electron chi connectivity index (χ2n) is 9.42. The monoisotopic (exact) mass is 534 g/mol. The number of aliphatic carboxylic acids is 1. The van der Waals surface area contributed by atoms with Crippen molar-refractivity contribution in [2.45, 2.75) is 83.0 Å². The molecule has 0 spiro atoms. The number of carboxylic acids is 1. The van der Waals surface area contributed by atoms with Gasteiger partial charge in [0.05, 0.1) is 6.04 Å². The van der Waals surface area contributed by atoms with E-state index in [0.717, 1.165) is 5.56 Å². The first kappa shape index (κ1) is 32.5. The summed E-state index contributed by atoms with van der Waals surface area (Å²) in [6.45, 7) is 4.00. The predicted octanol–water partition coefficient (Wildman–Crippen LogP) is -0.464. The van der Waals surface area contributed by atoms with Gasteiger partial charge in [0, 0.05) is 6.42 Å². The van der Waals surface area contributed by atoms with Crippen molar-refractivity contribution in [3.8, 4) is 0 Å². The third kappa shape index (κ3) is 11.7. The maximum Gasteiger partial charge on any atom is 0.326 e. The van der Waals surface area contributed by atoms with Crippen molar-refractivity contribution < 1.29 is 29.1 Å². The minimum atomic E-state index is -1.24. The number of rotatable bonds is 18. The fourth-order valence-corrected chi connectivity index (χ4v) is 3.76. The van der Waals surface area contributed by atoms with Crippen LogP contribution in [-0.2, 0) is 30.4 Å². The number of unbranched alkanes of at least 4 members (excludes halogenated alkanes) is 1. The molecule has 0 saturated heterocycles. The highest BCUT2D eigenvalue weighted by Gasteiger charge is 2.32. The maximum absolute atomic E-state index is 13.3. The number of nitrogens with two attached hydrogens (primary N) is 3. The molecule has 0 heterocycles. The summed E-state index contributed by atoms with van der Waals surface area (Å²) in [6.07, 6.45) is 1.67. The Labute approximate surface area is 223 Å². The number of hydrogen-bond donors (Lipinski definition) is 7. The van der Waals surface area contributed by atoms with Gasteiger partial charge in [0.1, 0.15) is 18.1 Å². The largest absolute Gasteiger partial charge is 0.480 e. The van der Waals surface area contributed by atoms with E-state index in [1.54, 1.807) is 6.92 Å². The van der Waals surface area contributed by atoms with Gasteiger partial charge in [-0.25, -0.2) is 4.79 Å². The number of primary amides is 1. The van der Waals surface area contributed by atoms with Gasteiger partial charge in [-0.15, -0.1) is 0 Å². The molecule has 5 atom stereocenters. The molecule has 12 nitrogen and oxygen atoms in total. The predicted molar refractivity (Wildman–Crippen MR) is 142 cm³/mol. The summed E-state index contributed by atoms with van der Waals surface area (Å²) in [5, 5.41) is 17.2. The van der Waals surface area contributed by atoms with Crippen LogP contribution in [0.2, 0.25) is 0 Å². The zero-order chi connectivity index (χ0) is 28.7. The minimum absolute atomic E-state index is 0.142. The molecule has 12 heteroatoms. The molecule has 0 aromatic heterocycles. The topological polar surface area (TPSA) is 220 Å². The Hall–Kier alpha value is -3.51. The van der Waals surface area contributed by atoms with Crippen molar-refractivity contribution in [1.29, 1.82) is 0 Å². The van der Waals surface area contributed by atoms with Crippen LogP contribution in [0.5, 0.6) is 0 Å². The van der Waals surface area contributed by atoms with Gasteiger partial charge in [0.15, 0.2) is 0 Å². The third-order valence-corrected chi connectivity index (χ3v) is 6.30. The van der Waals surface area contributed by atoms with Crippen LogP contribution in [-0.4, -0.2) is 65.4 Å². The molecule has 0 saturated carbocycles. The second kappa shape index (κ2) is 17.1. The number of amides is 4. The maximum atomic E-state index is 13.3. The van der Waals surface area contributed by atoms with E-state index in [4.69, 9.17) is 17.2 Å². The number of carbonyl (C=O) groups is 5. The molecule has 0 aliphatic carbocycles. The van der Waals surface area contributed by atoms with E-state index >= 15 is 0 Å². The van der Waals surface area contributed by atoms with Crippen LogP contribution in [0.1, 0.15) is 57.9 Å². The molecule has 0 bridgehead atoms. The van der Waals surface area contributed by atoms with Gasteiger partial charge in [-0.1, -0.05) is 50.6 Å². The molecule has 5 unspecified atom stereocenters. The summed E-state index contributed by atoms with van der Waals surface area (Å²) in [4.78, 5) is 62.1. The van der Waals surface area contributed by atoms with E-state index in [1.165, 1.54) is 0 Å². The van der Waals surface area contributed by atoms with Crippen molar-refractivity contribution in [2.24, 2.45) is 23.1 Å². The summed E-state index contributed by atoms with van der Waals surface area (Å²) >= 11 is 0. The quantitative estimate of drug-likeness (QED) is 0.122. The zero-order valence-electron chi connectivity index (χ0n) is 22.2. The van der Waals surface area contributed by atoms with Crippen molar-refractivity contribution >= 4 is 29.6 Å². The lowest BCUT2D eigenvalue weighted by Crippen LogP contribution is -2.58. The van der Waals surface area contributed by atoms with Gasteiger partial charge < -0.3 is 38.3 Å². The SMILES string of the molecule is CCC(C)C(NC(=O)C(N)Cc1ccccc1)C(=O)NC(CCC(N)=O)C(=O)NC(CCCCN)C(=O)O. The molecular formula is C26H42N6O6. The van der Waals surface area contributed by atoms with Gasteiger partial charge >= 0.3 is 5.97 Å². The van der Waals surface area contributed by atoms with E-state index in [2.05, 4.69) is 16.0 Å². The summed E-state index contributed by atoms with van der Waals surface area (Å²) in [7, 11) is 0. The van der Waals surface area contributed by atoms with Crippen molar-refractivity contribution in [2.75, 3.05) is 6.54 Å². The second-order valence-corrected chi connectivity index (χ2v) is 9.42. The highest BCUT2D eigenvalue weighted by molar-refractivity contribution is 5.94. The minimum Gasteiger partial charge on any atom is -0.480 e. The van der Waals surface area contributed by atoms with Crippen LogP contribution in [0.15, 0.2) is 30.3 Å².